The molecule has 5 heteroatoms. The molecule has 1 amide bonds. The van der Waals surface area contributed by atoms with E-state index >= 15 is 0 Å². The second kappa shape index (κ2) is 7.06. The van der Waals surface area contributed by atoms with Gasteiger partial charge in [0.05, 0.1) is 6.54 Å². The van der Waals surface area contributed by atoms with Gasteiger partial charge in [-0.15, -0.1) is 0 Å². The van der Waals surface area contributed by atoms with E-state index in [4.69, 9.17) is 0 Å². The van der Waals surface area contributed by atoms with Crippen LogP contribution in [-0.2, 0) is 11.3 Å². The number of rotatable bonds is 6. The van der Waals surface area contributed by atoms with Crippen LogP contribution in [0.5, 0.6) is 0 Å². The van der Waals surface area contributed by atoms with Crippen LogP contribution in [0.4, 0.5) is 8.78 Å². The summed E-state index contributed by atoms with van der Waals surface area (Å²) < 4.78 is 25.6. The number of benzene rings is 1. The molecule has 18 heavy (non-hydrogen) atoms. The van der Waals surface area contributed by atoms with Crippen molar-refractivity contribution in [3.63, 3.8) is 0 Å². The van der Waals surface area contributed by atoms with E-state index in [0.29, 0.717) is 5.56 Å². The van der Waals surface area contributed by atoms with Gasteiger partial charge in [0.25, 0.3) is 0 Å². The number of amides is 1. The van der Waals surface area contributed by atoms with Gasteiger partial charge in [-0.25, -0.2) is 8.78 Å². The monoisotopic (exact) mass is 256 g/mol. The predicted octanol–water partition coefficient (Wildman–Crippen LogP) is 1.97. The van der Waals surface area contributed by atoms with E-state index < -0.39 is 11.6 Å². The van der Waals surface area contributed by atoms with Crippen molar-refractivity contribution in [3.8, 4) is 0 Å². The average molecular weight is 256 g/mol. The fourth-order valence-electron chi connectivity index (χ4n) is 1.32. The second-order valence-corrected chi connectivity index (χ2v) is 4.22. The Morgan fingerprint density at radius 3 is 2.67 bits per heavy atom. The third kappa shape index (κ3) is 4.79. The van der Waals surface area contributed by atoms with Crippen molar-refractivity contribution >= 4 is 5.91 Å². The zero-order valence-electron chi connectivity index (χ0n) is 10.6. The van der Waals surface area contributed by atoms with Crippen molar-refractivity contribution in [2.75, 3.05) is 6.54 Å². The lowest BCUT2D eigenvalue weighted by Gasteiger charge is -2.11. The third-order valence-corrected chi connectivity index (χ3v) is 2.70. The topological polar surface area (TPSA) is 41.1 Å². The van der Waals surface area contributed by atoms with Crippen molar-refractivity contribution in [1.82, 2.24) is 10.6 Å². The minimum atomic E-state index is -0.903. The molecule has 1 rings (SSSR count). The molecule has 1 atom stereocenters. The van der Waals surface area contributed by atoms with E-state index in [-0.39, 0.29) is 25.0 Å². The maximum Gasteiger partial charge on any atom is 0.234 e. The van der Waals surface area contributed by atoms with Crippen LogP contribution in [0.15, 0.2) is 18.2 Å². The lowest BCUT2D eigenvalue weighted by molar-refractivity contribution is -0.120. The Morgan fingerprint density at radius 1 is 1.33 bits per heavy atom. The molecule has 1 aromatic rings. The highest BCUT2D eigenvalue weighted by molar-refractivity contribution is 5.77. The molecule has 0 aliphatic heterocycles. The molecule has 0 aromatic heterocycles. The molecule has 0 spiro atoms. The third-order valence-electron chi connectivity index (χ3n) is 2.70. The van der Waals surface area contributed by atoms with E-state index in [1.807, 2.05) is 13.8 Å². The minimum absolute atomic E-state index is 0.167. The lowest BCUT2D eigenvalue weighted by atomic mass is 10.2. The van der Waals surface area contributed by atoms with Gasteiger partial charge < -0.3 is 10.6 Å². The van der Waals surface area contributed by atoms with Gasteiger partial charge in [-0.1, -0.05) is 13.0 Å². The summed E-state index contributed by atoms with van der Waals surface area (Å²) in [5, 5.41) is 5.68. The largest absolute Gasteiger partial charge is 0.351 e. The number of carbonyl (C=O) groups excluding carboxylic acids is 1. The lowest BCUT2D eigenvalue weighted by Crippen LogP contribution is -2.37. The summed E-state index contributed by atoms with van der Waals surface area (Å²) in [5.74, 6) is -1.96. The molecule has 1 aromatic carbocycles. The summed E-state index contributed by atoms with van der Waals surface area (Å²) in [7, 11) is 0. The fourth-order valence-corrected chi connectivity index (χ4v) is 1.32. The zero-order chi connectivity index (χ0) is 13.5. The molecule has 0 aliphatic carbocycles. The van der Waals surface area contributed by atoms with Gasteiger partial charge in [0, 0.05) is 12.6 Å². The Hall–Kier alpha value is -1.49. The summed E-state index contributed by atoms with van der Waals surface area (Å²) >= 11 is 0. The van der Waals surface area contributed by atoms with Gasteiger partial charge in [0.15, 0.2) is 11.6 Å². The van der Waals surface area contributed by atoms with Crippen LogP contribution in [0.3, 0.4) is 0 Å². The molecule has 0 radical (unpaired) electrons. The molecule has 0 aliphatic rings. The van der Waals surface area contributed by atoms with Crippen molar-refractivity contribution in [3.05, 3.63) is 35.4 Å². The zero-order valence-corrected chi connectivity index (χ0v) is 10.6. The first-order chi connectivity index (χ1) is 8.52. The van der Waals surface area contributed by atoms with Crippen LogP contribution in [0.2, 0.25) is 0 Å². The molecular weight excluding hydrogens is 238 g/mol. The Bertz CT molecular complexity index is 410. The summed E-state index contributed by atoms with van der Waals surface area (Å²) in [5.41, 5.74) is 0.533. The maximum atomic E-state index is 12.9. The van der Waals surface area contributed by atoms with Crippen molar-refractivity contribution in [2.24, 2.45) is 0 Å². The van der Waals surface area contributed by atoms with E-state index in [9.17, 15) is 13.6 Å². The molecule has 0 bridgehead atoms. The van der Waals surface area contributed by atoms with Gasteiger partial charge >= 0.3 is 0 Å². The van der Waals surface area contributed by atoms with E-state index in [2.05, 4.69) is 10.6 Å². The highest BCUT2D eigenvalue weighted by atomic mass is 19.2. The Kier molecular flexibility index (Phi) is 5.71. The van der Waals surface area contributed by atoms with Crippen molar-refractivity contribution < 1.29 is 13.6 Å². The minimum Gasteiger partial charge on any atom is -0.351 e. The molecule has 100 valence electrons. The van der Waals surface area contributed by atoms with Crippen molar-refractivity contribution in [2.45, 2.75) is 32.9 Å². The van der Waals surface area contributed by atoms with Gasteiger partial charge in [-0.3, -0.25) is 4.79 Å². The van der Waals surface area contributed by atoms with Crippen LogP contribution < -0.4 is 10.6 Å². The van der Waals surface area contributed by atoms with Crippen LogP contribution >= 0.6 is 0 Å². The molecule has 3 nitrogen and oxygen atoms in total. The van der Waals surface area contributed by atoms with Crippen LogP contribution in [-0.4, -0.2) is 18.5 Å². The number of hydrogen-bond acceptors (Lipinski definition) is 2. The SMILES string of the molecule is CCC(C)NCC(=O)NCc1ccc(F)c(F)c1. The Labute approximate surface area is 106 Å². The first-order valence-electron chi connectivity index (χ1n) is 5.97. The van der Waals surface area contributed by atoms with Gasteiger partial charge in [0.1, 0.15) is 0 Å². The molecule has 2 N–H and O–H groups in total. The summed E-state index contributed by atoms with van der Waals surface area (Å²) in [6, 6.07) is 3.85. The number of hydrogen-bond donors (Lipinski definition) is 2. The van der Waals surface area contributed by atoms with Gasteiger partial charge in [0.2, 0.25) is 5.91 Å². The molecule has 0 saturated heterocycles. The average Bonchev–Trinajstić information content (AvgIpc) is 2.37. The molecular formula is C13H18F2N2O. The van der Waals surface area contributed by atoms with Crippen LogP contribution in [0.1, 0.15) is 25.8 Å². The van der Waals surface area contributed by atoms with Gasteiger partial charge in [-0.05, 0) is 31.0 Å². The summed E-state index contributed by atoms with van der Waals surface area (Å²) in [6.45, 7) is 4.43. The standard InChI is InChI=1S/C13H18F2N2O/c1-3-9(2)16-8-13(18)17-7-10-4-5-11(14)12(15)6-10/h4-6,9,16H,3,7-8H2,1-2H3,(H,17,18). The Balaban J connectivity index is 2.36. The smallest absolute Gasteiger partial charge is 0.234 e. The highest BCUT2D eigenvalue weighted by Crippen LogP contribution is 2.08. The normalized spacial score (nSPS) is 12.2. The molecule has 0 saturated carbocycles. The molecule has 0 fully saturated rings. The highest BCUT2D eigenvalue weighted by Gasteiger charge is 2.05. The first kappa shape index (κ1) is 14.6. The number of halogens is 2. The first-order valence-corrected chi connectivity index (χ1v) is 5.97. The van der Waals surface area contributed by atoms with E-state index in [0.717, 1.165) is 18.6 Å². The second-order valence-electron chi connectivity index (χ2n) is 4.22. The maximum absolute atomic E-state index is 12.9. The quantitative estimate of drug-likeness (QED) is 0.817. The Morgan fingerprint density at radius 2 is 2.06 bits per heavy atom. The van der Waals surface area contributed by atoms with Crippen molar-refractivity contribution in [1.29, 1.82) is 0 Å². The predicted molar refractivity (Wildman–Crippen MR) is 66.0 cm³/mol. The summed E-state index contributed by atoms with van der Waals surface area (Å²) in [6.07, 6.45) is 0.941. The fraction of sp³-hybridized carbons (Fsp3) is 0.462. The van der Waals surface area contributed by atoms with Gasteiger partial charge in [-0.2, -0.15) is 0 Å². The molecule has 0 heterocycles. The van der Waals surface area contributed by atoms with Crippen LogP contribution in [0, 0.1) is 11.6 Å². The number of nitrogens with one attached hydrogen (secondary N) is 2. The number of carbonyl (C=O) groups is 1. The molecule has 1 unspecified atom stereocenters. The summed E-state index contributed by atoms with van der Waals surface area (Å²) in [4.78, 5) is 11.4. The van der Waals surface area contributed by atoms with E-state index in [1.165, 1.54) is 6.07 Å². The van der Waals surface area contributed by atoms with E-state index in [1.54, 1.807) is 0 Å². The van der Waals surface area contributed by atoms with Crippen LogP contribution in [0.25, 0.3) is 0 Å².